The Morgan fingerprint density at radius 2 is 2.31 bits per heavy atom. The van der Waals surface area contributed by atoms with Crippen LogP contribution in [0, 0.1) is 5.82 Å². The van der Waals surface area contributed by atoms with Gasteiger partial charge in [0.25, 0.3) is 0 Å². The zero-order chi connectivity index (χ0) is 11.5. The fourth-order valence-electron chi connectivity index (χ4n) is 1.46. The third-order valence-corrected chi connectivity index (χ3v) is 3.34. The smallest absolute Gasteiger partial charge is 0.130 e. The number of hydrogen-bond donors (Lipinski definition) is 1. The Morgan fingerprint density at radius 3 is 2.94 bits per heavy atom. The summed E-state index contributed by atoms with van der Waals surface area (Å²) in [6.07, 6.45) is 1.04. The molecule has 1 N–H and O–H groups in total. The molecule has 2 rings (SSSR count). The molecule has 1 aromatic heterocycles. The van der Waals surface area contributed by atoms with E-state index in [9.17, 15) is 9.50 Å². The second kappa shape index (κ2) is 4.91. The molecule has 0 saturated heterocycles. The topological polar surface area (TPSA) is 33.1 Å². The van der Waals surface area contributed by atoms with Gasteiger partial charge in [0.15, 0.2) is 0 Å². The van der Waals surface area contributed by atoms with Gasteiger partial charge in [-0.3, -0.25) is 4.98 Å². The van der Waals surface area contributed by atoms with Crippen molar-refractivity contribution in [1.82, 2.24) is 4.98 Å². The first-order valence-corrected chi connectivity index (χ1v) is 5.93. The predicted octanol–water partition coefficient (Wildman–Crippen LogP) is 3.21. The second-order valence-electron chi connectivity index (χ2n) is 3.32. The molecular weight excluding hydrogens is 249 g/mol. The van der Waals surface area contributed by atoms with Crippen LogP contribution in [0.1, 0.15) is 16.5 Å². The van der Waals surface area contributed by atoms with Gasteiger partial charge >= 0.3 is 0 Å². The molecule has 0 spiro atoms. The van der Waals surface area contributed by atoms with Crippen molar-refractivity contribution in [3.63, 3.8) is 0 Å². The number of aliphatic hydroxyl groups is 1. The maximum atomic E-state index is 13.5. The van der Waals surface area contributed by atoms with Gasteiger partial charge < -0.3 is 5.11 Å². The second-order valence-corrected chi connectivity index (χ2v) is 4.70. The van der Waals surface area contributed by atoms with Gasteiger partial charge in [-0.1, -0.05) is 17.7 Å². The molecule has 84 valence electrons. The summed E-state index contributed by atoms with van der Waals surface area (Å²) in [5.74, 6) is -0.482. The fraction of sp³-hybridized carbons (Fsp3) is 0.182. The number of nitrogens with zero attached hydrogens (tertiary/aromatic N) is 1. The lowest BCUT2D eigenvalue weighted by atomic mass is 10.1. The molecule has 1 aromatic carbocycles. The first-order chi connectivity index (χ1) is 7.68. The van der Waals surface area contributed by atoms with Crippen molar-refractivity contribution >= 4 is 22.9 Å². The van der Waals surface area contributed by atoms with Crippen LogP contribution >= 0.6 is 22.9 Å². The summed E-state index contributed by atoms with van der Waals surface area (Å²) in [5.41, 5.74) is 1.82. The molecule has 1 unspecified atom stereocenters. The van der Waals surface area contributed by atoms with Gasteiger partial charge in [0.1, 0.15) is 5.82 Å². The number of aromatic nitrogens is 1. The first-order valence-electron chi connectivity index (χ1n) is 4.68. The van der Waals surface area contributed by atoms with Gasteiger partial charge in [-0.25, -0.2) is 4.39 Å². The monoisotopic (exact) mass is 257 g/mol. The lowest BCUT2D eigenvalue weighted by molar-refractivity contribution is 0.174. The van der Waals surface area contributed by atoms with Crippen molar-refractivity contribution in [2.24, 2.45) is 0 Å². The van der Waals surface area contributed by atoms with E-state index in [2.05, 4.69) is 4.98 Å². The Hall–Kier alpha value is -0.970. The average Bonchev–Trinajstić information content (AvgIpc) is 2.70. The highest BCUT2D eigenvalue weighted by Gasteiger charge is 2.17. The summed E-state index contributed by atoms with van der Waals surface area (Å²) in [6, 6.07) is 4.37. The van der Waals surface area contributed by atoms with E-state index in [1.54, 1.807) is 17.8 Å². The maximum Gasteiger partial charge on any atom is 0.130 e. The molecule has 0 aliphatic carbocycles. The van der Waals surface area contributed by atoms with Crippen LogP contribution in [0.4, 0.5) is 4.39 Å². The molecule has 0 aliphatic rings. The number of hydrogen-bond acceptors (Lipinski definition) is 3. The van der Waals surface area contributed by atoms with Crippen molar-refractivity contribution in [2.75, 3.05) is 0 Å². The minimum Gasteiger partial charge on any atom is -0.388 e. The summed E-state index contributed by atoms with van der Waals surface area (Å²) in [4.78, 5) is 4.79. The van der Waals surface area contributed by atoms with E-state index in [0.29, 0.717) is 6.42 Å². The first kappa shape index (κ1) is 11.5. The summed E-state index contributed by atoms with van der Waals surface area (Å²) in [7, 11) is 0. The van der Waals surface area contributed by atoms with E-state index < -0.39 is 11.9 Å². The summed E-state index contributed by atoms with van der Waals surface area (Å²) >= 11 is 7.27. The molecule has 0 fully saturated rings. The van der Waals surface area contributed by atoms with Crippen molar-refractivity contribution < 1.29 is 9.50 Å². The molecule has 0 radical (unpaired) electrons. The van der Waals surface area contributed by atoms with Gasteiger partial charge in [-0.15, -0.1) is 11.3 Å². The highest BCUT2D eigenvalue weighted by atomic mass is 35.5. The van der Waals surface area contributed by atoms with E-state index in [4.69, 9.17) is 11.6 Å². The zero-order valence-corrected chi connectivity index (χ0v) is 9.80. The van der Waals surface area contributed by atoms with Gasteiger partial charge in [0.05, 0.1) is 11.6 Å². The van der Waals surface area contributed by atoms with Crippen molar-refractivity contribution in [3.05, 3.63) is 51.2 Å². The molecule has 16 heavy (non-hydrogen) atoms. The molecule has 0 bridgehead atoms. The van der Waals surface area contributed by atoms with Gasteiger partial charge in [-0.2, -0.15) is 0 Å². The molecule has 0 amide bonds. The molecule has 2 nitrogen and oxygen atoms in total. The summed E-state index contributed by atoms with van der Waals surface area (Å²) in [5, 5.41) is 10.2. The van der Waals surface area contributed by atoms with Crippen LogP contribution in [-0.4, -0.2) is 10.1 Å². The minimum atomic E-state index is -0.936. The van der Waals surface area contributed by atoms with Crippen LogP contribution in [0.25, 0.3) is 0 Å². The van der Waals surface area contributed by atoms with Crippen LogP contribution in [0.15, 0.2) is 29.9 Å². The lowest BCUT2D eigenvalue weighted by Gasteiger charge is -2.12. The van der Waals surface area contributed by atoms with E-state index in [1.807, 2.05) is 0 Å². The van der Waals surface area contributed by atoms with Crippen LogP contribution in [0.3, 0.4) is 0 Å². The predicted molar refractivity (Wildman–Crippen MR) is 62.2 cm³/mol. The molecule has 0 aliphatic heterocycles. The number of aliphatic hydroxyl groups excluding tert-OH is 1. The highest BCUT2D eigenvalue weighted by molar-refractivity contribution is 7.09. The van der Waals surface area contributed by atoms with Crippen LogP contribution in [-0.2, 0) is 6.42 Å². The molecule has 5 heteroatoms. The Kier molecular flexibility index (Phi) is 3.53. The molecule has 1 atom stereocenters. The van der Waals surface area contributed by atoms with Gasteiger partial charge in [0.2, 0.25) is 0 Å². The van der Waals surface area contributed by atoms with Crippen molar-refractivity contribution in [3.8, 4) is 0 Å². The minimum absolute atomic E-state index is 0.151. The summed E-state index contributed by atoms with van der Waals surface area (Å²) in [6.45, 7) is 0. The van der Waals surface area contributed by atoms with Crippen LogP contribution < -0.4 is 0 Å². The zero-order valence-electron chi connectivity index (χ0n) is 8.23. The Balaban J connectivity index is 2.24. The van der Waals surface area contributed by atoms with Gasteiger partial charge in [-0.05, 0) is 12.1 Å². The normalized spacial score (nSPS) is 12.7. The van der Waals surface area contributed by atoms with Gasteiger partial charge in [0, 0.05) is 28.1 Å². The number of benzene rings is 1. The van der Waals surface area contributed by atoms with E-state index in [0.717, 1.165) is 4.88 Å². The van der Waals surface area contributed by atoms with Crippen molar-refractivity contribution in [2.45, 2.75) is 12.5 Å². The van der Waals surface area contributed by atoms with E-state index in [1.165, 1.54) is 23.5 Å². The average molecular weight is 258 g/mol. The molecule has 1 heterocycles. The largest absolute Gasteiger partial charge is 0.388 e. The number of halogens is 2. The molecular formula is C11H9ClFNOS. The quantitative estimate of drug-likeness (QED) is 0.916. The molecule has 0 saturated carbocycles. The lowest BCUT2D eigenvalue weighted by Crippen LogP contribution is -2.04. The highest BCUT2D eigenvalue weighted by Crippen LogP contribution is 2.28. The standard InChI is InChI=1S/C11H9ClFNOS/c12-8-2-1-3-9(13)11(8)10(15)4-7-5-14-6-16-7/h1-3,5-6,10,15H,4H2. The maximum absolute atomic E-state index is 13.5. The Bertz CT molecular complexity index is 455. The Labute approximate surface area is 101 Å². The van der Waals surface area contributed by atoms with Crippen LogP contribution in [0.2, 0.25) is 5.02 Å². The number of thiazole rings is 1. The SMILES string of the molecule is OC(Cc1cncs1)c1c(F)cccc1Cl. The fourth-order valence-corrected chi connectivity index (χ4v) is 2.39. The van der Waals surface area contributed by atoms with E-state index >= 15 is 0 Å². The summed E-state index contributed by atoms with van der Waals surface area (Å²) < 4.78 is 13.5. The van der Waals surface area contributed by atoms with E-state index in [-0.39, 0.29) is 10.6 Å². The molecule has 2 aromatic rings. The third kappa shape index (κ3) is 2.40. The third-order valence-electron chi connectivity index (χ3n) is 2.21. The Morgan fingerprint density at radius 1 is 1.50 bits per heavy atom. The number of rotatable bonds is 3. The van der Waals surface area contributed by atoms with Crippen molar-refractivity contribution in [1.29, 1.82) is 0 Å². The van der Waals surface area contributed by atoms with Crippen LogP contribution in [0.5, 0.6) is 0 Å².